The Hall–Kier alpha value is -2.45. The van der Waals surface area contributed by atoms with Gasteiger partial charge >= 0.3 is 12.0 Å². The van der Waals surface area contributed by atoms with Gasteiger partial charge in [0.1, 0.15) is 6.54 Å². The average Bonchev–Trinajstić information content (AvgIpc) is 2.79. The molecule has 9 heteroatoms. The van der Waals surface area contributed by atoms with Gasteiger partial charge in [0.05, 0.1) is 11.8 Å². The Kier molecular flexibility index (Phi) is 5.88. The van der Waals surface area contributed by atoms with Crippen LogP contribution in [0.1, 0.15) is 32.6 Å². The van der Waals surface area contributed by atoms with Crippen LogP contribution < -0.4 is 10.6 Å². The minimum Gasteiger partial charge on any atom is -0.454 e. The smallest absolute Gasteiger partial charge is 0.326 e. The van der Waals surface area contributed by atoms with Crippen LogP contribution in [-0.2, 0) is 23.9 Å². The molecule has 2 N–H and O–H groups in total. The molecule has 5 amide bonds. The number of ether oxygens (including phenoxy) is 1. The molecule has 9 nitrogen and oxygen atoms in total. The van der Waals surface area contributed by atoms with Gasteiger partial charge in [0.25, 0.3) is 5.91 Å². The summed E-state index contributed by atoms with van der Waals surface area (Å²) in [5.74, 6) is -2.99. The SMILES string of the molecule is CCNC(=O)NC(=O)COC(=O)CN1C(=O)[C@H]2CCCC[C@@H]2C1=O. The van der Waals surface area contributed by atoms with E-state index in [-0.39, 0.29) is 23.7 Å². The van der Waals surface area contributed by atoms with Crippen molar-refractivity contribution in [1.82, 2.24) is 15.5 Å². The van der Waals surface area contributed by atoms with Gasteiger partial charge in [-0.1, -0.05) is 12.8 Å². The van der Waals surface area contributed by atoms with Crippen molar-refractivity contribution in [2.75, 3.05) is 19.7 Å². The third kappa shape index (κ3) is 4.09. The van der Waals surface area contributed by atoms with E-state index in [0.29, 0.717) is 19.4 Å². The van der Waals surface area contributed by atoms with E-state index in [1.54, 1.807) is 6.92 Å². The van der Waals surface area contributed by atoms with Gasteiger partial charge in [-0.15, -0.1) is 0 Å². The molecule has 0 aromatic carbocycles. The van der Waals surface area contributed by atoms with Gasteiger partial charge in [-0.2, -0.15) is 0 Å². The first-order valence-corrected chi connectivity index (χ1v) is 8.02. The fourth-order valence-electron chi connectivity index (χ4n) is 3.08. The minimum atomic E-state index is -0.860. The number of esters is 1. The van der Waals surface area contributed by atoms with Crippen molar-refractivity contribution < 1.29 is 28.7 Å². The zero-order valence-electron chi connectivity index (χ0n) is 13.5. The van der Waals surface area contributed by atoms with E-state index in [1.165, 1.54) is 0 Å². The molecule has 0 aromatic rings. The van der Waals surface area contributed by atoms with Crippen molar-refractivity contribution >= 4 is 29.7 Å². The molecule has 0 bridgehead atoms. The van der Waals surface area contributed by atoms with Crippen LogP contribution in [0.4, 0.5) is 4.79 Å². The van der Waals surface area contributed by atoms with Crippen LogP contribution in [0.15, 0.2) is 0 Å². The van der Waals surface area contributed by atoms with Crippen LogP contribution in [-0.4, -0.2) is 54.3 Å². The number of nitrogens with zero attached hydrogens (tertiary/aromatic N) is 1. The van der Waals surface area contributed by atoms with E-state index < -0.39 is 31.1 Å². The highest BCUT2D eigenvalue weighted by Crippen LogP contribution is 2.37. The molecule has 1 heterocycles. The van der Waals surface area contributed by atoms with Crippen LogP contribution in [0.2, 0.25) is 0 Å². The number of imide groups is 2. The molecular weight excluding hydrogens is 318 g/mol. The third-order valence-electron chi connectivity index (χ3n) is 4.17. The molecule has 2 aliphatic rings. The lowest BCUT2D eigenvalue weighted by atomic mass is 9.81. The summed E-state index contributed by atoms with van der Waals surface area (Å²) in [6.07, 6.45) is 3.13. The molecule has 1 saturated heterocycles. The predicted octanol–water partition coefficient (Wildman–Crippen LogP) is -0.449. The second kappa shape index (κ2) is 7.89. The van der Waals surface area contributed by atoms with Gasteiger partial charge in [0.2, 0.25) is 11.8 Å². The summed E-state index contributed by atoms with van der Waals surface area (Å²) < 4.78 is 4.72. The largest absolute Gasteiger partial charge is 0.454 e. The number of carbonyl (C=O) groups excluding carboxylic acids is 5. The van der Waals surface area contributed by atoms with Crippen LogP contribution in [0.3, 0.4) is 0 Å². The van der Waals surface area contributed by atoms with Gasteiger partial charge in [-0.3, -0.25) is 29.4 Å². The van der Waals surface area contributed by atoms with Gasteiger partial charge in [0, 0.05) is 6.54 Å². The van der Waals surface area contributed by atoms with Gasteiger partial charge in [0.15, 0.2) is 6.61 Å². The maximum absolute atomic E-state index is 12.2. The van der Waals surface area contributed by atoms with Gasteiger partial charge in [-0.05, 0) is 19.8 Å². The predicted molar refractivity (Wildman–Crippen MR) is 80.3 cm³/mol. The second-order valence-electron chi connectivity index (χ2n) is 5.83. The number of fused-ring (bicyclic) bond motifs is 1. The van der Waals surface area contributed by atoms with Crippen LogP contribution in [0.25, 0.3) is 0 Å². The van der Waals surface area contributed by atoms with E-state index in [4.69, 9.17) is 4.74 Å². The number of rotatable bonds is 5. The third-order valence-corrected chi connectivity index (χ3v) is 4.17. The van der Waals surface area contributed by atoms with Crippen LogP contribution in [0, 0.1) is 11.8 Å². The maximum Gasteiger partial charge on any atom is 0.326 e. The summed E-state index contributed by atoms with van der Waals surface area (Å²) in [6.45, 7) is 0.879. The molecule has 1 aliphatic carbocycles. The molecule has 0 spiro atoms. The van der Waals surface area contributed by atoms with E-state index in [0.717, 1.165) is 17.7 Å². The number of hydrogen-bond acceptors (Lipinski definition) is 6. The normalized spacial score (nSPS) is 22.8. The summed E-state index contributed by atoms with van der Waals surface area (Å²) in [4.78, 5) is 59.6. The molecule has 0 unspecified atom stereocenters. The zero-order chi connectivity index (χ0) is 17.7. The van der Waals surface area contributed by atoms with Crippen molar-refractivity contribution in [2.45, 2.75) is 32.6 Å². The number of nitrogens with one attached hydrogen (secondary N) is 2. The lowest BCUT2D eigenvalue weighted by Gasteiger charge is -2.19. The highest BCUT2D eigenvalue weighted by atomic mass is 16.5. The number of hydrogen-bond donors (Lipinski definition) is 2. The Balaban J connectivity index is 1.80. The van der Waals surface area contributed by atoms with E-state index in [1.807, 2.05) is 5.32 Å². The highest BCUT2D eigenvalue weighted by Gasteiger charge is 2.48. The molecule has 1 aliphatic heterocycles. The topological polar surface area (TPSA) is 122 Å². The van der Waals surface area contributed by atoms with Crippen LogP contribution in [0.5, 0.6) is 0 Å². The van der Waals surface area contributed by atoms with Crippen molar-refractivity contribution in [3.8, 4) is 0 Å². The minimum absolute atomic E-state index is 0.333. The summed E-state index contributed by atoms with van der Waals surface area (Å²) in [7, 11) is 0. The summed E-state index contributed by atoms with van der Waals surface area (Å²) in [6, 6.07) is -0.687. The first-order chi connectivity index (χ1) is 11.4. The lowest BCUT2D eigenvalue weighted by molar-refractivity contribution is -0.154. The molecule has 2 fully saturated rings. The summed E-state index contributed by atoms with van der Waals surface area (Å²) >= 11 is 0. The summed E-state index contributed by atoms with van der Waals surface area (Å²) in [5.41, 5.74) is 0. The fourth-order valence-corrected chi connectivity index (χ4v) is 3.08. The number of amides is 5. The quantitative estimate of drug-likeness (QED) is 0.517. The zero-order valence-corrected chi connectivity index (χ0v) is 13.5. The van der Waals surface area contributed by atoms with Gasteiger partial charge in [-0.25, -0.2) is 4.79 Å². The Labute approximate surface area is 139 Å². The first-order valence-electron chi connectivity index (χ1n) is 8.02. The Bertz CT molecular complexity index is 537. The molecule has 2 atom stereocenters. The molecular formula is C15H21N3O6. The van der Waals surface area contributed by atoms with Gasteiger partial charge < -0.3 is 10.1 Å². The molecule has 132 valence electrons. The van der Waals surface area contributed by atoms with E-state index in [9.17, 15) is 24.0 Å². The number of urea groups is 1. The molecule has 2 rings (SSSR count). The fraction of sp³-hybridized carbons (Fsp3) is 0.667. The maximum atomic E-state index is 12.2. The standard InChI is InChI=1S/C15H21N3O6/c1-2-16-15(23)17-11(19)8-24-12(20)7-18-13(21)9-5-3-4-6-10(9)14(18)22/h9-10H,2-8H2,1H3,(H2,16,17,19,23)/t9-,10-/m0/s1. The average molecular weight is 339 g/mol. The van der Waals surface area contributed by atoms with Crippen molar-refractivity contribution in [1.29, 1.82) is 0 Å². The van der Waals surface area contributed by atoms with E-state index in [2.05, 4.69) is 5.32 Å². The Morgan fingerprint density at radius 1 is 1.12 bits per heavy atom. The molecule has 1 saturated carbocycles. The lowest BCUT2D eigenvalue weighted by Crippen LogP contribution is -2.42. The van der Waals surface area contributed by atoms with Crippen molar-refractivity contribution in [3.05, 3.63) is 0 Å². The summed E-state index contributed by atoms with van der Waals surface area (Å²) in [5, 5.41) is 4.33. The van der Waals surface area contributed by atoms with Crippen molar-refractivity contribution in [2.24, 2.45) is 11.8 Å². The van der Waals surface area contributed by atoms with E-state index >= 15 is 0 Å². The molecule has 0 aromatic heterocycles. The Morgan fingerprint density at radius 3 is 2.25 bits per heavy atom. The second-order valence-corrected chi connectivity index (χ2v) is 5.83. The Morgan fingerprint density at radius 2 is 1.71 bits per heavy atom. The monoisotopic (exact) mass is 339 g/mol. The molecule has 24 heavy (non-hydrogen) atoms. The number of carbonyl (C=O) groups is 5. The first kappa shape index (κ1) is 17.9. The van der Waals surface area contributed by atoms with Crippen LogP contribution >= 0.6 is 0 Å². The van der Waals surface area contributed by atoms with Crippen molar-refractivity contribution in [3.63, 3.8) is 0 Å². The molecule has 0 radical (unpaired) electrons. The number of likely N-dealkylation sites (tertiary alicyclic amines) is 1. The highest BCUT2D eigenvalue weighted by molar-refractivity contribution is 6.07.